The minimum absolute atomic E-state index is 0.0927. The third-order valence-electron chi connectivity index (χ3n) is 3.43. The molecule has 0 aliphatic carbocycles. The van der Waals surface area contributed by atoms with Crippen LogP contribution in [0.4, 0.5) is 0 Å². The summed E-state index contributed by atoms with van der Waals surface area (Å²) < 4.78 is 0. The van der Waals surface area contributed by atoms with E-state index in [1.807, 2.05) is 6.92 Å². The van der Waals surface area contributed by atoms with E-state index in [4.69, 9.17) is 34.8 Å². The molecule has 1 atom stereocenters. The molecule has 0 unspecified atom stereocenters. The molecule has 1 aromatic heterocycles. The summed E-state index contributed by atoms with van der Waals surface area (Å²) in [6.07, 6.45) is 2.37. The second-order valence-electron chi connectivity index (χ2n) is 5.09. The highest BCUT2D eigenvalue weighted by atomic mass is 35.5. The minimum atomic E-state index is 0.0927. The van der Waals surface area contributed by atoms with E-state index in [9.17, 15) is 0 Å². The lowest BCUT2D eigenvalue weighted by Crippen LogP contribution is -2.45. The molecule has 0 radical (unpaired) electrons. The zero-order chi connectivity index (χ0) is 14.7. The molecule has 1 aliphatic heterocycles. The van der Waals surface area contributed by atoms with Gasteiger partial charge in [0.15, 0.2) is 0 Å². The van der Waals surface area contributed by atoms with Crippen LogP contribution in [-0.2, 0) is 0 Å². The van der Waals surface area contributed by atoms with Gasteiger partial charge in [0.1, 0.15) is 5.15 Å². The second-order valence-corrected chi connectivity index (χ2v) is 6.23. The summed E-state index contributed by atoms with van der Waals surface area (Å²) in [5.41, 5.74) is 1.95. The maximum Gasteiger partial charge on any atom is 0.148 e. The summed E-state index contributed by atoms with van der Waals surface area (Å²) in [6.45, 7) is 9.85. The molecule has 0 spiro atoms. The molecule has 2 heterocycles. The second kappa shape index (κ2) is 7.10. The summed E-state index contributed by atoms with van der Waals surface area (Å²) in [4.78, 5) is 6.36. The Morgan fingerprint density at radius 3 is 2.65 bits per heavy atom. The fraction of sp³-hybridized carbons (Fsp3) is 0.500. The Bertz CT molecular complexity index is 499. The Morgan fingerprint density at radius 2 is 2.05 bits per heavy atom. The van der Waals surface area contributed by atoms with E-state index in [1.165, 1.54) is 0 Å². The summed E-state index contributed by atoms with van der Waals surface area (Å²) in [5.74, 6) is 0. The summed E-state index contributed by atoms with van der Waals surface area (Å²) in [7, 11) is 0. The van der Waals surface area contributed by atoms with Crippen LogP contribution in [0.5, 0.6) is 0 Å². The lowest BCUT2D eigenvalue weighted by atomic mass is 9.98. The average Bonchev–Trinajstić information content (AvgIpc) is 2.43. The van der Waals surface area contributed by atoms with Crippen LogP contribution < -0.4 is 5.32 Å². The summed E-state index contributed by atoms with van der Waals surface area (Å²) >= 11 is 18.7. The number of nitrogens with zero attached hydrogens (tertiary/aromatic N) is 2. The van der Waals surface area contributed by atoms with Crippen LogP contribution in [0.3, 0.4) is 0 Å². The van der Waals surface area contributed by atoms with Crippen molar-refractivity contribution < 1.29 is 0 Å². The van der Waals surface area contributed by atoms with Crippen LogP contribution in [0.1, 0.15) is 24.9 Å². The van der Waals surface area contributed by atoms with Gasteiger partial charge in [-0.25, -0.2) is 4.98 Å². The molecule has 3 nitrogen and oxygen atoms in total. The first kappa shape index (κ1) is 16.1. The lowest BCUT2D eigenvalue weighted by molar-refractivity contribution is 0.172. The van der Waals surface area contributed by atoms with Crippen LogP contribution >= 0.6 is 34.8 Å². The number of rotatable bonds is 4. The number of halogens is 3. The van der Waals surface area contributed by atoms with E-state index in [2.05, 4.69) is 21.8 Å². The number of nitrogens with one attached hydrogen (secondary N) is 1. The normalized spacial score (nSPS) is 18.0. The molecule has 20 heavy (non-hydrogen) atoms. The Labute approximate surface area is 134 Å². The van der Waals surface area contributed by atoms with Gasteiger partial charge in [-0.05, 0) is 13.3 Å². The van der Waals surface area contributed by atoms with E-state index < -0.39 is 0 Å². The fourth-order valence-electron chi connectivity index (χ4n) is 2.50. The highest BCUT2D eigenvalue weighted by Crippen LogP contribution is 2.39. The van der Waals surface area contributed by atoms with E-state index in [0.717, 1.165) is 43.7 Å². The molecule has 1 fully saturated rings. The topological polar surface area (TPSA) is 28.2 Å². The van der Waals surface area contributed by atoms with Crippen LogP contribution in [0.15, 0.2) is 18.3 Å². The van der Waals surface area contributed by atoms with Crippen molar-refractivity contribution in [3.63, 3.8) is 0 Å². The number of piperazine rings is 1. The lowest BCUT2D eigenvalue weighted by Gasteiger charge is -2.36. The molecule has 1 aromatic rings. The molecule has 110 valence electrons. The maximum absolute atomic E-state index is 6.35. The third-order valence-corrected chi connectivity index (χ3v) is 4.50. The van der Waals surface area contributed by atoms with Crippen LogP contribution in [0, 0.1) is 0 Å². The van der Waals surface area contributed by atoms with Gasteiger partial charge in [-0.2, -0.15) is 0 Å². The van der Waals surface area contributed by atoms with Crippen LogP contribution in [-0.4, -0.2) is 36.1 Å². The van der Waals surface area contributed by atoms with E-state index in [1.54, 1.807) is 6.20 Å². The number of pyridine rings is 1. The van der Waals surface area contributed by atoms with Gasteiger partial charge in [-0.1, -0.05) is 40.4 Å². The van der Waals surface area contributed by atoms with Crippen molar-refractivity contribution in [2.24, 2.45) is 0 Å². The van der Waals surface area contributed by atoms with Gasteiger partial charge in [0.25, 0.3) is 0 Å². The maximum atomic E-state index is 6.35. The van der Waals surface area contributed by atoms with Crippen molar-refractivity contribution in [3.8, 4) is 0 Å². The van der Waals surface area contributed by atoms with E-state index in [-0.39, 0.29) is 6.04 Å². The van der Waals surface area contributed by atoms with Crippen molar-refractivity contribution in [1.29, 1.82) is 0 Å². The van der Waals surface area contributed by atoms with E-state index in [0.29, 0.717) is 15.2 Å². The molecular weight excluding hydrogens is 317 g/mol. The van der Waals surface area contributed by atoms with Gasteiger partial charge < -0.3 is 5.32 Å². The van der Waals surface area contributed by atoms with Crippen molar-refractivity contribution >= 4 is 34.8 Å². The zero-order valence-electron chi connectivity index (χ0n) is 11.4. The average molecular weight is 335 g/mol. The Balaban J connectivity index is 2.40. The molecule has 6 heteroatoms. The molecule has 1 saturated heterocycles. The van der Waals surface area contributed by atoms with Gasteiger partial charge in [0.05, 0.1) is 10.0 Å². The Kier molecular flexibility index (Phi) is 5.70. The highest BCUT2D eigenvalue weighted by molar-refractivity contribution is 6.43. The molecule has 0 saturated carbocycles. The summed E-state index contributed by atoms with van der Waals surface area (Å²) in [5, 5.41) is 4.65. The van der Waals surface area contributed by atoms with Crippen molar-refractivity contribution in [3.05, 3.63) is 39.1 Å². The molecule has 0 bridgehead atoms. The Hall–Kier alpha value is -0.320. The molecule has 1 aliphatic rings. The number of aromatic nitrogens is 1. The van der Waals surface area contributed by atoms with Crippen molar-refractivity contribution in [2.75, 3.05) is 26.2 Å². The molecular formula is C14H18Cl3N3. The number of hydrogen-bond donors (Lipinski definition) is 1. The van der Waals surface area contributed by atoms with Crippen LogP contribution in [0.25, 0.3) is 0 Å². The first-order chi connectivity index (χ1) is 9.50. The predicted molar refractivity (Wildman–Crippen MR) is 85.9 cm³/mol. The molecule has 1 N–H and O–H groups in total. The smallest absolute Gasteiger partial charge is 0.148 e. The first-order valence-corrected chi connectivity index (χ1v) is 7.72. The fourth-order valence-corrected chi connectivity index (χ4v) is 3.24. The Morgan fingerprint density at radius 1 is 1.40 bits per heavy atom. The predicted octanol–water partition coefficient (Wildman–Crippen LogP) is 3.95. The van der Waals surface area contributed by atoms with Gasteiger partial charge in [0.2, 0.25) is 0 Å². The third kappa shape index (κ3) is 3.66. The quantitative estimate of drug-likeness (QED) is 0.667. The van der Waals surface area contributed by atoms with Gasteiger partial charge in [-0.3, -0.25) is 4.90 Å². The first-order valence-electron chi connectivity index (χ1n) is 6.59. The summed E-state index contributed by atoms with van der Waals surface area (Å²) in [6, 6.07) is 0.0927. The molecule has 2 rings (SSSR count). The van der Waals surface area contributed by atoms with E-state index >= 15 is 0 Å². The minimum Gasteiger partial charge on any atom is -0.314 e. The monoisotopic (exact) mass is 333 g/mol. The highest BCUT2D eigenvalue weighted by Gasteiger charge is 2.27. The van der Waals surface area contributed by atoms with Crippen molar-refractivity contribution in [1.82, 2.24) is 15.2 Å². The molecule has 0 aromatic carbocycles. The van der Waals surface area contributed by atoms with Gasteiger partial charge in [0, 0.05) is 44.0 Å². The van der Waals surface area contributed by atoms with Gasteiger partial charge in [-0.15, -0.1) is 6.58 Å². The van der Waals surface area contributed by atoms with Crippen LogP contribution in [0.2, 0.25) is 15.2 Å². The largest absolute Gasteiger partial charge is 0.314 e. The zero-order valence-corrected chi connectivity index (χ0v) is 13.7. The van der Waals surface area contributed by atoms with Crippen molar-refractivity contribution in [2.45, 2.75) is 19.4 Å². The number of hydrogen-bond acceptors (Lipinski definition) is 3. The standard InChI is InChI=1S/C14H18Cl3N3/c1-9(2)7-11(20-5-3-18-4-6-20)12-10(15)8-19-14(17)13(12)16/h8,11,18H,1,3-7H2,2H3/t11-/m1/s1. The van der Waals surface area contributed by atoms with Gasteiger partial charge >= 0.3 is 0 Å². The SMILES string of the molecule is C=C(C)C[C@H](c1c(Cl)cnc(Cl)c1Cl)N1CCNCC1. The molecule has 0 amide bonds.